The number of esters is 1. The van der Waals surface area contributed by atoms with Crippen molar-refractivity contribution in [3.63, 3.8) is 0 Å². The number of rotatable bonds is 2. The number of ether oxygens (including phenoxy) is 1. The van der Waals surface area contributed by atoms with E-state index in [-0.39, 0.29) is 4.83 Å². The van der Waals surface area contributed by atoms with Crippen LogP contribution in [0.5, 0.6) is 0 Å². The van der Waals surface area contributed by atoms with Crippen molar-refractivity contribution in [3.8, 4) is 0 Å². The number of nitrogens with zero attached hydrogens (tertiary/aromatic N) is 1. The summed E-state index contributed by atoms with van der Waals surface area (Å²) in [5.74, 6) is -0.407. The SMILES string of the molecule is COC(=O)c1cccc(C(C)Br)n1. The van der Waals surface area contributed by atoms with E-state index in [4.69, 9.17) is 0 Å². The smallest absolute Gasteiger partial charge is 0.356 e. The standard InChI is InChI=1S/C9H10BrNO2/c1-6(10)7-4-3-5-8(11-7)9(12)13-2/h3-6H,1-2H3. The molecule has 0 aliphatic carbocycles. The molecule has 0 bridgehead atoms. The normalized spacial score (nSPS) is 12.2. The van der Waals surface area contributed by atoms with Gasteiger partial charge in [0.15, 0.2) is 0 Å². The van der Waals surface area contributed by atoms with Crippen molar-refractivity contribution in [1.29, 1.82) is 0 Å². The van der Waals surface area contributed by atoms with Crippen LogP contribution in [0, 0.1) is 0 Å². The van der Waals surface area contributed by atoms with Gasteiger partial charge in [-0.05, 0) is 19.1 Å². The van der Waals surface area contributed by atoms with Gasteiger partial charge in [-0.2, -0.15) is 0 Å². The third-order valence-electron chi connectivity index (χ3n) is 1.57. The summed E-state index contributed by atoms with van der Waals surface area (Å²) in [5.41, 5.74) is 1.16. The predicted molar refractivity (Wildman–Crippen MR) is 52.9 cm³/mol. The molecule has 3 nitrogen and oxygen atoms in total. The molecule has 0 radical (unpaired) electrons. The van der Waals surface area contributed by atoms with Crippen LogP contribution >= 0.6 is 15.9 Å². The number of halogens is 1. The molecule has 0 aliphatic heterocycles. The van der Waals surface area contributed by atoms with E-state index in [9.17, 15) is 4.79 Å². The maximum absolute atomic E-state index is 11.1. The van der Waals surface area contributed by atoms with E-state index in [0.717, 1.165) is 5.69 Å². The van der Waals surface area contributed by atoms with Gasteiger partial charge in [0.05, 0.1) is 17.6 Å². The Hall–Kier alpha value is -0.900. The second-order valence-corrected chi connectivity index (χ2v) is 3.93. The Bertz CT molecular complexity index is 312. The fraction of sp³-hybridized carbons (Fsp3) is 0.333. The van der Waals surface area contributed by atoms with Crippen LogP contribution in [-0.2, 0) is 4.74 Å². The summed E-state index contributed by atoms with van der Waals surface area (Å²) in [6.45, 7) is 1.95. The molecular weight excluding hydrogens is 234 g/mol. The molecule has 1 heterocycles. The molecule has 1 atom stereocenters. The molecule has 1 unspecified atom stereocenters. The first-order valence-corrected chi connectivity index (χ1v) is 4.76. The number of hydrogen-bond donors (Lipinski definition) is 0. The summed E-state index contributed by atoms with van der Waals surface area (Å²) in [7, 11) is 1.34. The van der Waals surface area contributed by atoms with Crippen LogP contribution in [0.25, 0.3) is 0 Å². The van der Waals surface area contributed by atoms with Gasteiger partial charge < -0.3 is 4.74 Å². The topological polar surface area (TPSA) is 39.2 Å². The summed E-state index contributed by atoms with van der Waals surface area (Å²) >= 11 is 3.37. The highest BCUT2D eigenvalue weighted by Gasteiger charge is 2.09. The predicted octanol–water partition coefficient (Wildman–Crippen LogP) is 2.32. The van der Waals surface area contributed by atoms with E-state index < -0.39 is 5.97 Å². The zero-order chi connectivity index (χ0) is 9.84. The molecule has 0 N–H and O–H groups in total. The van der Waals surface area contributed by atoms with Crippen LogP contribution in [0.1, 0.15) is 27.9 Å². The minimum absolute atomic E-state index is 0.136. The quantitative estimate of drug-likeness (QED) is 0.592. The van der Waals surface area contributed by atoms with Gasteiger partial charge in [-0.3, -0.25) is 0 Å². The van der Waals surface area contributed by atoms with E-state index in [0.29, 0.717) is 5.69 Å². The summed E-state index contributed by atoms with van der Waals surface area (Å²) < 4.78 is 4.55. The highest BCUT2D eigenvalue weighted by Crippen LogP contribution is 2.19. The molecule has 0 aliphatic rings. The maximum atomic E-state index is 11.1. The van der Waals surface area contributed by atoms with Gasteiger partial charge in [0.2, 0.25) is 0 Å². The third-order valence-corrected chi connectivity index (χ3v) is 2.04. The number of pyridine rings is 1. The zero-order valence-corrected chi connectivity index (χ0v) is 9.04. The molecule has 0 amide bonds. The van der Waals surface area contributed by atoms with Crippen LogP contribution < -0.4 is 0 Å². The van der Waals surface area contributed by atoms with Gasteiger partial charge in [0.25, 0.3) is 0 Å². The molecule has 4 heteroatoms. The Balaban J connectivity index is 2.98. The molecule has 1 aromatic heterocycles. The number of carbonyl (C=O) groups excluding carboxylic acids is 1. The Morgan fingerprint density at radius 3 is 2.85 bits per heavy atom. The summed E-state index contributed by atoms with van der Waals surface area (Å²) in [4.78, 5) is 15.3. The van der Waals surface area contributed by atoms with Gasteiger partial charge in [0, 0.05) is 0 Å². The molecule has 0 saturated carbocycles. The number of alkyl halides is 1. The lowest BCUT2D eigenvalue weighted by molar-refractivity contribution is 0.0594. The van der Waals surface area contributed by atoms with E-state index in [1.807, 2.05) is 13.0 Å². The molecule has 0 spiro atoms. The first-order chi connectivity index (χ1) is 6.15. The molecule has 0 aromatic carbocycles. The van der Waals surface area contributed by atoms with Crippen LogP contribution in [0.4, 0.5) is 0 Å². The molecule has 13 heavy (non-hydrogen) atoms. The van der Waals surface area contributed by atoms with Gasteiger partial charge >= 0.3 is 5.97 Å². The van der Waals surface area contributed by atoms with Crippen molar-refractivity contribution in [2.75, 3.05) is 7.11 Å². The minimum Gasteiger partial charge on any atom is -0.464 e. The lowest BCUT2D eigenvalue weighted by Gasteiger charge is -2.03. The average molecular weight is 244 g/mol. The monoisotopic (exact) mass is 243 g/mol. The fourth-order valence-corrected chi connectivity index (χ4v) is 1.15. The van der Waals surface area contributed by atoms with Gasteiger partial charge in [-0.15, -0.1) is 0 Å². The lowest BCUT2D eigenvalue weighted by Crippen LogP contribution is -2.05. The van der Waals surface area contributed by atoms with E-state index in [2.05, 4.69) is 25.7 Å². The third kappa shape index (κ3) is 2.52. The van der Waals surface area contributed by atoms with Crippen molar-refractivity contribution in [3.05, 3.63) is 29.6 Å². The fourth-order valence-electron chi connectivity index (χ4n) is 0.891. The van der Waals surface area contributed by atoms with Crippen LogP contribution in [0.3, 0.4) is 0 Å². The Kier molecular flexibility index (Phi) is 3.42. The Morgan fingerprint density at radius 1 is 1.62 bits per heavy atom. The summed E-state index contributed by atoms with van der Waals surface area (Å²) in [6.07, 6.45) is 0. The average Bonchev–Trinajstić information content (AvgIpc) is 2.17. The molecule has 0 fully saturated rings. The lowest BCUT2D eigenvalue weighted by atomic mass is 10.2. The van der Waals surface area contributed by atoms with Crippen molar-refractivity contribution in [2.45, 2.75) is 11.8 Å². The zero-order valence-electron chi connectivity index (χ0n) is 7.45. The highest BCUT2D eigenvalue weighted by atomic mass is 79.9. The number of carbonyl (C=O) groups is 1. The number of aromatic nitrogens is 1. The van der Waals surface area contributed by atoms with Gasteiger partial charge in [-0.1, -0.05) is 22.0 Å². The molecule has 1 aromatic rings. The van der Waals surface area contributed by atoms with Crippen LogP contribution in [0.15, 0.2) is 18.2 Å². The van der Waals surface area contributed by atoms with Crippen molar-refractivity contribution in [1.82, 2.24) is 4.98 Å². The van der Waals surface area contributed by atoms with Gasteiger partial charge in [0.1, 0.15) is 5.69 Å². The van der Waals surface area contributed by atoms with E-state index in [1.54, 1.807) is 12.1 Å². The summed E-state index contributed by atoms with van der Waals surface area (Å²) in [5, 5.41) is 0. The van der Waals surface area contributed by atoms with Crippen LogP contribution in [-0.4, -0.2) is 18.1 Å². The van der Waals surface area contributed by atoms with Crippen LogP contribution in [0.2, 0.25) is 0 Å². The first kappa shape index (κ1) is 10.2. The second-order valence-electron chi connectivity index (χ2n) is 2.56. The highest BCUT2D eigenvalue weighted by molar-refractivity contribution is 9.09. The van der Waals surface area contributed by atoms with Gasteiger partial charge in [-0.25, -0.2) is 9.78 Å². The second kappa shape index (κ2) is 4.37. The van der Waals surface area contributed by atoms with E-state index in [1.165, 1.54) is 7.11 Å². The number of hydrogen-bond acceptors (Lipinski definition) is 3. The first-order valence-electron chi connectivity index (χ1n) is 3.84. The summed E-state index contributed by atoms with van der Waals surface area (Å²) in [6, 6.07) is 5.27. The Labute approximate surface area is 85.3 Å². The van der Waals surface area contributed by atoms with Crippen molar-refractivity contribution < 1.29 is 9.53 Å². The van der Waals surface area contributed by atoms with Crippen molar-refractivity contribution >= 4 is 21.9 Å². The Morgan fingerprint density at radius 2 is 2.31 bits per heavy atom. The van der Waals surface area contributed by atoms with Crippen molar-refractivity contribution in [2.24, 2.45) is 0 Å². The maximum Gasteiger partial charge on any atom is 0.356 e. The number of methoxy groups -OCH3 is 1. The van der Waals surface area contributed by atoms with E-state index >= 15 is 0 Å². The largest absolute Gasteiger partial charge is 0.464 e. The minimum atomic E-state index is -0.407. The molecule has 0 saturated heterocycles. The molecule has 70 valence electrons. The molecular formula is C9H10BrNO2. The molecule has 1 rings (SSSR count).